The number of aromatic nitrogens is 4. The predicted molar refractivity (Wildman–Crippen MR) is 112 cm³/mol. The fraction of sp³-hybridized carbons (Fsp3) is 0.238. The maximum atomic E-state index is 12.3. The third-order valence-electron chi connectivity index (χ3n) is 4.66. The molecule has 0 aliphatic carbocycles. The molecule has 7 heteroatoms. The zero-order valence-electron chi connectivity index (χ0n) is 15.5. The predicted octanol–water partition coefficient (Wildman–Crippen LogP) is 3.49. The van der Waals surface area contributed by atoms with Gasteiger partial charge in [-0.25, -0.2) is 9.97 Å². The first kappa shape index (κ1) is 18.4. The van der Waals surface area contributed by atoms with Crippen molar-refractivity contribution in [2.24, 2.45) is 7.05 Å². The molecule has 1 N–H and O–H groups in total. The topological polar surface area (TPSA) is 80.6 Å². The molecule has 2 aromatic heterocycles. The van der Waals surface area contributed by atoms with Crippen LogP contribution >= 0.6 is 11.8 Å². The van der Waals surface area contributed by atoms with E-state index in [1.165, 1.54) is 11.8 Å². The van der Waals surface area contributed by atoms with Gasteiger partial charge in [-0.1, -0.05) is 36.0 Å². The van der Waals surface area contributed by atoms with E-state index in [2.05, 4.69) is 15.0 Å². The number of carbonyl (C=O) groups excluding carboxylic acids is 1. The van der Waals surface area contributed by atoms with Gasteiger partial charge in [0.2, 0.25) is 0 Å². The number of thioether (sulfide) groups is 1. The summed E-state index contributed by atoms with van der Waals surface area (Å²) in [4.78, 5) is 36.2. The molecule has 0 saturated heterocycles. The van der Waals surface area contributed by atoms with Gasteiger partial charge in [0, 0.05) is 19.2 Å². The van der Waals surface area contributed by atoms with Gasteiger partial charge in [-0.05, 0) is 30.7 Å². The van der Waals surface area contributed by atoms with Crippen LogP contribution in [0, 0.1) is 0 Å². The fourth-order valence-corrected chi connectivity index (χ4v) is 4.00. The number of hydrogen-bond acceptors (Lipinski definition) is 5. The molecule has 0 fully saturated rings. The van der Waals surface area contributed by atoms with Gasteiger partial charge in [-0.2, -0.15) is 0 Å². The molecule has 28 heavy (non-hydrogen) atoms. The SMILES string of the molecule is Cn1c(CC(=O)CCCSc2nc3ccccc3c(=O)[nH]2)nc2ccccc21. The molecule has 0 spiro atoms. The summed E-state index contributed by atoms with van der Waals surface area (Å²) in [7, 11) is 1.94. The Kier molecular flexibility index (Phi) is 5.25. The van der Waals surface area contributed by atoms with Gasteiger partial charge in [0.15, 0.2) is 5.16 Å². The number of aromatic amines is 1. The summed E-state index contributed by atoms with van der Waals surface area (Å²) in [5.74, 6) is 1.67. The van der Waals surface area contributed by atoms with E-state index in [0.717, 1.165) is 29.0 Å². The molecule has 0 aliphatic rings. The van der Waals surface area contributed by atoms with E-state index in [0.29, 0.717) is 28.9 Å². The fourth-order valence-electron chi connectivity index (χ4n) is 3.19. The second-order valence-corrected chi connectivity index (χ2v) is 7.72. The van der Waals surface area contributed by atoms with E-state index in [1.807, 2.05) is 54.1 Å². The molecule has 0 saturated carbocycles. The van der Waals surface area contributed by atoms with Crippen molar-refractivity contribution in [2.75, 3.05) is 5.75 Å². The zero-order valence-corrected chi connectivity index (χ0v) is 16.3. The third kappa shape index (κ3) is 3.84. The van der Waals surface area contributed by atoms with Crippen LogP contribution in [0.25, 0.3) is 21.9 Å². The zero-order chi connectivity index (χ0) is 19.5. The number of rotatable bonds is 7. The second-order valence-electron chi connectivity index (χ2n) is 6.63. The van der Waals surface area contributed by atoms with Crippen molar-refractivity contribution in [3.8, 4) is 0 Å². The molecule has 0 bridgehead atoms. The Morgan fingerprint density at radius 1 is 1.07 bits per heavy atom. The van der Waals surface area contributed by atoms with Gasteiger partial charge in [0.1, 0.15) is 11.6 Å². The number of carbonyl (C=O) groups is 1. The van der Waals surface area contributed by atoms with Crippen LogP contribution in [0.5, 0.6) is 0 Å². The van der Waals surface area contributed by atoms with E-state index in [-0.39, 0.29) is 11.3 Å². The van der Waals surface area contributed by atoms with Crippen molar-refractivity contribution in [2.45, 2.75) is 24.4 Å². The minimum absolute atomic E-state index is 0.133. The molecular weight excluding hydrogens is 372 g/mol. The lowest BCUT2D eigenvalue weighted by Gasteiger charge is -2.04. The number of benzene rings is 2. The van der Waals surface area contributed by atoms with Crippen LogP contribution in [-0.4, -0.2) is 31.1 Å². The van der Waals surface area contributed by atoms with Crippen molar-refractivity contribution < 1.29 is 4.79 Å². The minimum Gasteiger partial charge on any atom is -0.331 e. The minimum atomic E-state index is -0.133. The van der Waals surface area contributed by atoms with Crippen LogP contribution in [0.2, 0.25) is 0 Å². The first-order valence-electron chi connectivity index (χ1n) is 9.16. The highest BCUT2D eigenvalue weighted by Crippen LogP contribution is 2.18. The van der Waals surface area contributed by atoms with Crippen molar-refractivity contribution in [1.82, 2.24) is 19.5 Å². The number of Topliss-reactive ketones (excluding diaryl/α,β-unsaturated/α-hetero) is 1. The van der Waals surface area contributed by atoms with Crippen molar-refractivity contribution >= 4 is 39.5 Å². The molecule has 0 unspecified atom stereocenters. The Labute approximate surface area is 166 Å². The Hall–Kier alpha value is -2.93. The maximum absolute atomic E-state index is 12.3. The van der Waals surface area contributed by atoms with Crippen molar-refractivity contribution in [3.05, 3.63) is 64.7 Å². The lowest BCUT2D eigenvalue weighted by atomic mass is 10.2. The summed E-state index contributed by atoms with van der Waals surface area (Å²) < 4.78 is 1.98. The molecule has 2 heterocycles. The number of nitrogens with one attached hydrogen (secondary N) is 1. The van der Waals surface area contributed by atoms with Gasteiger partial charge in [-0.3, -0.25) is 9.59 Å². The van der Waals surface area contributed by atoms with E-state index in [1.54, 1.807) is 6.07 Å². The molecule has 4 rings (SSSR count). The maximum Gasteiger partial charge on any atom is 0.259 e. The molecule has 0 amide bonds. The van der Waals surface area contributed by atoms with Crippen LogP contribution in [0.3, 0.4) is 0 Å². The monoisotopic (exact) mass is 392 g/mol. The summed E-state index contributed by atoms with van der Waals surface area (Å²) in [5, 5.41) is 1.18. The number of H-pyrrole nitrogens is 1. The number of aryl methyl sites for hydroxylation is 1. The van der Waals surface area contributed by atoms with Gasteiger partial charge in [-0.15, -0.1) is 0 Å². The lowest BCUT2D eigenvalue weighted by Crippen LogP contribution is -2.10. The van der Waals surface area contributed by atoms with Crippen LogP contribution in [0.1, 0.15) is 18.7 Å². The summed E-state index contributed by atoms with van der Waals surface area (Å²) in [6.45, 7) is 0. The lowest BCUT2D eigenvalue weighted by molar-refractivity contribution is -0.118. The molecular formula is C21H20N4O2S. The van der Waals surface area contributed by atoms with Gasteiger partial charge in [0.05, 0.1) is 28.4 Å². The van der Waals surface area contributed by atoms with Crippen molar-refractivity contribution in [3.63, 3.8) is 0 Å². The molecule has 0 atom stereocenters. The van der Waals surface area contributed by atoms with E-state index in [4.69, 9.17) is 0 Å². The first-order valence-corrected chi connectivity index (χ1v) is 10.1. The highest BCUT2D eigenvalue weighted by Gasteiger charge is 2.12. The summed E-state index contributed by atoms with van der Waals surface area (Å²) in [5.41, 5.74) is 2.50. The van der Waals surface area contributed by atoms with E-state index in [9.17, 15) is 9.59 Å². The number of para-hydroxylation sites is 3. The summed E-state index contributed by atoms with van der Waals surface area (Å²) >= 11 is 1.46. The quantitative estimate of drug-likeness (QED) is 0.296. The molecule has 0 radical (unpaired) electrons. The average molecular weight is 392 g/mol. The number of hydrogen-bond donors (Lipinski definition) is 1. The molecule has 2 aromatic carbocycles. The molecule has 6 nitrogen and oxygen atoms in total. The van der Waals surface area contributed by atoms with E-state index < -0.39 is 0 Å². The van der Waals surface area contributed by atoms with Crippen LogP contribution in [0.15, 0.2) is 58.5 Å². The van der Waals surface area contributed by atoms with Crippen LogP contribution < -0.4 is 5.56 Å². The summed E-state index contributed by atoms with van der Waals surface area (Å²) in [6.07, 6.45) is 1.54. The number of fused-ring (bicyclic) bond motifs is 2. The Balaban J connectivity index is 1.32. The Morgan fingerprint density at radius 2 is 1.82 bits per heavy atom. The highest BCUT2D eigenvalue weighted by atomic mass is 32.2. The third-order valence-corrected chi connectivity index (χ3v) is 5.62. The largest absolute Gasteiger partial charge is 0.331 e. The number of nitrogens with zero attached hydrogens (tertiary/aromatic N) is 3. The van der Waals surface area contributed by atoms with Gasteiger partial charge in [0.25, 0.3) is 5.56 Å². The molecule has 0 aliphatic heterocycles. The van der Waals surface area contributed by atoms with Gasteiger partial charge < -0.3 is 9.55 Å². The molecule has 142 valence electrons. The number of ketones is 1. The average Bonchev–Trinajstić information content (AvgIpc) is 3.01. The van der Waals surface area contributed by atoms with E-state index >= 15 is 0 Å². The Morgan fingerprint density at radius 3 is 2.64 bits per heavy atom. The smallest absolute Gasteiger partial charge is 0.259 e. The van der Waals surface area contributed by atoms with Crippen molar-refractivity contribution in [1.29, 1.82) is 0 Å². The number of imidazole rings is 1. The molecule has 4 aromatic rings. The normalized spacial score (nSPS) is 11.3. The first-order chi connectivity index (χ1) is 13.6. The van der Waals surface area contributed by atoms with Gasteiger partial charge >= 0.3 is 0 Å². The highest BCUT2D eigenvalue weighted by molar-refractivity contribution is 7.99. The Bertz CT molecular complexity index is 1210. The second kappa shape index (κ2) is 7.98. The van der Waals surface area contributed by atoms with Crippen LogP contribution in [0.4, 0.5) is 0 Å². The summed E-state index contributed by atoms with van der Waals surface area (Å²) in [6, 6.07) is 15.2. The standard InChI is InChI=1S/C21H20N4O2S/c1-25-18-11-5-4-10-17(18)22-19(25)13-14(26)7-6-12-28-21-23-16-9-3-2-8-15(16)20(27)24-21/h2-5,8-11H,6-7,12-13H2,1H3,(H,23,24,27). The van der Waals surface area contributed by atoms with Crippen LogP contribution in [-0.2, 0) is 18.3 Å².